The Hall–Kier alpha value is -3.38. The number of ether oxygens (including phenoxy) is 1. The molecule has 5 nitrogen and oxygen atoms in total. The van der Waals surface area contributed by atoms with Gasteiger partial charge in [0.2, 0.25) is 0 Å². The van der Waals surface area contributed by atoms with Crippen molar-refractivity contribution in [3.8, 4) is 11.1 Å². The highest BCUT2D eigenvalue weighted by Crippen LogP contribution is 2.45. The van der Waals surface area contributed by atoms with Crippen molar-refractivity contribution in [2.75, 3.05) is 6.61 Å². The predicted molar refractivity (Wildman–Crippen MR) is 138 cm³/mol. The number of benzene rings is 2. The van der Waals surface area contributed by atoms with Crippen molar-refractivity contribution in [3.05, 3.63) is 71.7 Å². The molecular weight excluding hydrogens is 443 g/mol. The van der Waals surface area contributed by atoms with E-state index in [1.54, 1.807) is 25.1 Å². The molecular formula is C29H33FN2O3. The Balaban J connectivity index is 0.00000167. The number of nitrogens with zero attached hydrogens (tertiary/aromatic N) is 1. The molecule has 2 aromatic carbocycles. The number of hydrogen-bond donors (Lipinski definition) is 1. The van der Waals surface area contributed by atoms with E-state index < -0.39 is 12.0 Å². The summed E-state index contributed by atoms with van der Waals surface area (Å²) in [5, 5.41) is 0.972. The highest BCUT2D eigenvalue weighted by Gasteiger charge is 2.29. The fraction of sp³-hybridized carbons (Fsp3) is 0.345. The molecule has 1 aliphatic carbocycles. The average molecular weight is 477 g/mol. The molecule has 1 unspecified atom stereocenters. The second kappa shape index (κ2) is 12.4. The van der Waals surface area contributed by atoms with Crippen molar-refractivity contribution in [1.82, 2.24) is 4.98 Å². The lowest BCUT2D eigenvalue weighted by atomic mass is 9.92. The number of hydrogen-bond acceptors (Lipinski definition) is 5. The Labute approximate surface area is 206 Å². The van der Waals surface area contributed by atoms with Crippen molar-refractivity contribution in [1.29, 1.82) is 0 Å². The minimum atomic E-state index is -0.550. The molecule has 184 valence electrons. The lowest BCUT2D eigenvalue weighted by Gasteiger charge is -2.16. The standard InChI is InChI=1S/C27H27FN2O3.C2H6/c1-2-33-25(32)16-21(31)15-20(29)13-14-23-26(17-9-11-19(28)12-10-17)22-5-3-4-6-24(22)30-27(23)18-7-8-18;1-2/h3-6,9-14,18,20H,2,7-8,15-16,29H2,1H3;1-2H3/b14-13+;. The number of para-hydroxylation sites is 1. The molecule has 1 saturated carbocycles. The van der Waals surface area contributed by atoms with Gasteiger partial charge in [0.15, 0.2) is 0 Å². The van der Waals surface area contributed by atoms with Gasteiger partial charge in [0.25, 0.3) is 0 Å². The van der Waals surface area contributed by atoms with E-state index in [4.69, 9.17) is 15.5 Å². The summed E-state index contributed by atoms with van der Waals surface area (Å²) in [6, 6.07) is 13.8. The molecule has 1 fully saturated rings. The number of carbonyl (C=O) groups is 2. The number of pyridine rings is 1. The van der Waals surface area contributed by atoms with Crippen LogP contribution in [0.3, 0.4) is 0 Å². The monoisotopic (exact) mass is 476 g/mol. The fourth-order valence-corrected chi connectivity index (χ4v) is 4.01. The Morgan fingerprint density at radius 1 is 1.14 bits per heavy atom. The topological polar surface area (TPSA) is 82.3 Å². The van der Waals surface area contributed by atoms with Gasteiger partial charge < -0.3 is 10.5 Å². The average Bonchev–Trinajstić information content (AvgIpc) is 3.69. The van der Waals surface area contributed by atoms with Crippen LogP contribution in [0.1, 0.15) is 63.6 Å². The fourth-order valence-electron chi connectivity index (χ4n) is 4.01. The largest absolute Gasteiger partial charge is 0.466 e. The van der Waals surface area contributed by atoms with Crippen LogP contribution in [0.2, 0.25) is 0 Å². The van der Waals surface area contributed by atoms with Gasteiger partial charge in [0.05, 0.1) is 17.8 Å². The van der Waals surface area contributed by atoms with Gasteiger partial charge in [0.1, 0.15) is 18.0 Å². The van der Waals surface area contributed by atoms with Crippen LogP contribution in [-0.2, 0) is 14.3 Å². The van der Waals surface area contributed by atoms with Crippen LogP contribution in [0.4, 0.5) is 4.39 Å². The molecule has 2 N–H and O–H groups in total. The molecule has 0 radical (unpaired) electrons. The molecule has 35 heavy (non-hydrogen) atoms. The number of halogens is 1. The quantitative estimate of drug-likeness (QED) is 0.294. The summed E-state index contributed by atoms with van der Waals surface area (Å²) in [5.41, 5.74) is 10.9. The first-order valence-electron chi connectivity index (χ1n) is 12.3. The van der Waals surface area contributed by atoms with E-state index >= 15 is 0 Å². The summed E-state index contributed by atoms with van der Waals surface area (Å²) in [6.07, 6.45) is 5.61. The molecule has 1 aliphatic rings. The maximum Gasteiger partial charge on any atom is 0.313 e. The lowest BCUT2D eigenvalue weighted by molar-refractivity contribution is -0.145. The molecule has 1 aromatic heterocycles. The highest BCUT2D eigenvalue weighted by molar-refractivity contribution is 5.99. The number of ketones is 1. The van der Waals surface area contributed by atoms with Gasteiger partial charge in [-0.15, -0.1) is 0 Å². The van der Waals surface area contributed by atoms with Gasteiger partial charge in [-0.3, -0.25) is 14.6 Å². The zero-order chi connectivity index (χ0) is 25.4. The third kappa shape index (κ3) is 6.83. The van der Waals surface area contributed by atoms with Crippen molar-refractivity contribution >= 4 is 28.7 Å². The maximum atomic E-state index is 13.6. The van der Waals surface area contributed by atoms with Gasteiger partial charge in [0, 0.05) is 34.9 Å². The molecule has 0 aliphatic heterocycles. The summed E-state index contributed by atoms with van der Waals surface area (Å²) >= 11 is 0. The number of esters is 1. The molecule has 1 atom stereocenters. The molecule has 6 heteroatoms. The Morgan fingerprint density at radius 3 is 2.49 bits per heavy atom. The van der Waals surface area contributed by atoms with Crippen molar-refractivity contribution in [2.24, 2.45) is 5.73 Å². The van der Waals surface area contributed by atoms with E-state index in [2.05, 4.69) is 0 Å². The second-order valence-corrected chi connectivity index (χ2v) is 8.33. The second-order valence-electron chi connectivity index (χ2n) is 8.33. The van der Waals surface area contributed by atoms with Crippen LogP contribution >= 0.6 is 0 Å². The summed E-state index contributed by atoms with van der Waals surface area (Å²) < 4.78 is 18.5. The van der Waals surface area contributed by atoms with Gasteiger partial charge in [-0.2, -0.15) is 0 Å². The first-order valence-corrected chi connectivity index (χ1v) is 12.3. The summed E-state index contributed by atoms with van der Waals surface area (Å²) in [7, 11) is 0. The van der Waals surface area contributed by atoms with Crippen LogP contribution in [0.15, 0.2) is 54.6 Å². The van der Waals surface area contributed by atoms with E-state index in [9.17, 15) is 14.0 Å². The predicted octanol–water partition coefficient (Wildman–Crippen LogP) is 6.20. The molecule has 4 rings (SSSR count). The Kier molecular flexibility index (Phi) is 9.26. The molecule has 0 bridgehead atoms. The third-order valence-corrected chi connectivity index (χ3v) is 5.68. The molecule has 0 saturated heterocycles. The summed E-state index contributed by atoms with van der Waals surface area (Å²) in [5.74, 6) is -0.718. The maximum absolute atomic E-state index is 13.6. The summed E-state index contributed by atoms with van der Waals surface area (Å²) in [4.78, 5) is 28.7. The molecule has 1 heterocycles. The van der Waals surface area contributed by atoms with E-state index in [1.807, 2.05) is 44.2 Å². The SMILES string of the molecule is CC.CCOC(=O)CC(=O)CC(N)/C=C/c1c(C2CC2)nc2ccccc2c1-c1ccc(F)cc1. The lowest BCUT2D eigenvalue weighted by Crippen LogP contribution is -2.23. The third-order valence-electron chi connectivity index (χ3n) is 5.68. The van der Waals surface area contributed by atoms with Crippen LogP contribution in [0.5, 0.6) is 0 Å². The number of aromatic nitrogens is 1. The first kappa shape index (κ1) is 26.2. The first-order chi connectivity index (χ1) is 17.0. The van der Waals surface area contributed by atoms with Crippen LogP contribution < -0.4 is 5.73 Å². The highest BCUT2D eigenvalue weighted by atomic mass is 19.1. The van der Waals surface area contributed by atoms with Crippen LogP contribution in [0, 0.1) is 5.82 Å². The van der Waals surface area contributed by atoms with Gasteiger partial charge in [-0.05, 0) is 43.5 Å². The molecule has 3 aromatic rings. The molecule has 0 amide bonds. The van der Waals surface area contributed by atoms with Gasteiger partial charge >= 0.3 is 5.97 Å². The zero-order valence-corrected chi connectivity index (χ0v) is 20.6. The summed E-state index contributed by atoms with van der Waals surface area (Å²) in [6.45, 7) is 5.94. The number of nitrogens with two attached hydrogens (primary N) is 1. The van der Waals surface area contributed by atoms with E-state index in [0.717, 1.165) is 46.1 Å². The molecule has 0 spiro atoms. The van der Waals surface area contributed by atoms with E-state index in [0.29, 0.717) is 5.92 Å². The minimum absolute atomic E-state index is 0.0426. The van der Waals surface area contributed by atoms with E-state index in [1.165, 1.54) is 12.1 Å². The van der Waals surface area contributed by atoms with E-state index in [-0.39, 0.29) is 31.0 Å². The normalized spacial score (nSPS) is 13.9. The zero-order valence-electron chi connectivity index (χ0n) is 20.6. The van der Waals surface area contributed by atoms with Gasteiger partial charge in [-0.1, -0.05) is 56.3 Å². The number of Topliss-reactive ketones (excluding diaryl/α,β-unsaturated/α-hetero) is 1. The smallest absolute Gasteiger partial charge is 0.313 e. The van der Waals surface area contributed by atoms with Crippen molar-refractivity contribution in [2.45, 2.75) is 58.4 Å². The Morgan fingerprint density at radius 2 is 1.83 bits per heavy atom. The van der Waals surface area contributed by atoms with Gasteiger partial charge in [-0.25, -0.2) is 4.39 Å². The van der Waals surface area contributed by atoms with Crippen molar-refractivity contribution < 1.29 is 18.7 Å². The number of carbonyl (C=O) groups excluding carboxylic acids is 2. The number of rotatable bonds is 9. The van der Waals surface area contributed by atoms with Crippen LogP contribution in [0.25, 0.3) is 28.1 Å². The number of fused-ring (bicyclic) bond motifs is 1. The van der Waals surface area contributed by atoms with Crippen molar-refractivity contribution in [3.63, 3.8) is 0 Å². The van der Waals surface area contributed by atoms with Crippen LogP contribution in [-0.4, -0.2) is 29.4 Å². The minimum Gasteiger partial charge on any atom is -0.466 e. The Bertz CT molecular complexity index is 1200.